The number of ether oxygens (including phenoxy) is 1. The van der Waals surface area contributed by atoms with Crippen LogP contribution in [0.5, 0.6) is 11.5 Å². The Hall–Kier alpha value is -4.63. The van der Waals surface area contributed by atoms with Crippen LogP contribution in [-0.2, 0) is 26.2 Å². The number of sulfonamides is 1. The van der Waals surface area contributed by atoms with E-state index in [-0.39, 0.29) is 17.3 Å². The van der Waals surface area contributed by atoms with Crippen LogP contribution >= 0.6 is 0 Å². The number of likely N-dealkylation sites (N-methyl/N-ethyl adjacent to an activating group) is 1. The molecule has 43 heavy (non-hydrogen) atoms. The van der Waals surface area contributed by atoms with Crippen molar-refractivity contribution in [3.63, 3.8) is 0 Å². The number of rotatable bonds is 13. The second-order valence-electron chi connectivity index (χ2n) is 10.0. The molecule has 0 saturated carbocycles. The van der Waals surface area contributed by atoms with Gasteiger partial charge in [0.15, 0.2) is 0 Å². The maximum atomic E-state index is 14.2. The molecule has 8 nitrogen and oxygen atoms in total. The van der Waals surface area contributed by atoms with Crippen molar-refractivity contribution in [2.75, 3.05) is 17.4 Å². The van der Waals surface area contributed by atoms with Crippen LogP contribution in [0.25, 0.3) is 0 Å². The van der Waals surface area contributed by atoms with Crippen LogP contribution in [0.3, 0.4) is 0 Å². The molecule has 4 aromatic rings. The number of nitrogens with one attached hydrogen (secondary N) is 1. The highest BCUT2D eigenvalue weighted by Crippen LogP contribution is 2.29. The van der Waals surface area contributed by atoms with E-state index in [2.05, 4.69) is 5.32 Å². The van der Waals surface area contributed by atoms with Gasteiger partial charge in [0.1, 0.15) is 24.1 Å². The van der Waals surface area contributed by atoms with Crippen molar-refractivity contribution in [2.24, 2.45) is 0 Å². The first-order valence-electron chi connectivity index (χ1n) is 14.3. The van der Waals surface area contributed by atoms with Crippen LogP contribution in [0, 0.1) is 6.92 Å². The topological polar surface area (TPSA) is 96.0 Å². The first-order valence-corrected chi connectivity index (χ1v) is 15.7. The summed E-state index contributed by atoms with van der Waals surface area (Å²) in [4.78, 5) is 28.8. The van der Waals surface area contributed by atoms with E-state index in [0.717, 1.165) is 15.4 Å². The number of benzene rings is 4. The third-order valence-corrected chi connectivity index (χ3v) is 8.84. The van der Waals surface area contributed by atoms with E-state index < -0.39 is 28.5 Å². The summed E-state index contributed by atoms with van der Waals surface area (Å²) in [5, 5.41) is 2.82. The average Bonchev–Trinajstić information content (AvgIpc) is 3.02. The van der Waals surface area contributed by atoms with Gasteiger partial charge in [-0.25, -0.2) is 8.42 Å². The van der Waals surface area contributed by atoms with Gasteiger partial charge in [-0.1, -0.05) is 67.6 Å². The minimum atomic E-state index is -4.15. The second-order valence-corrected chi connectivity index (χ2v) is 11.9. The van der Waals surface area contributed by atoms with Crippen molar-refractivity contribution in [3.05, 3.63) is 120 Å². The van der Waals surface area contributed by atoms with Gasteiger partial charge in [0.25, 0.3) is 10.0 Å². The second kappa shape index (κ2) is 14.5. The van der Waals surface area contributed by atoms with Crippen molar-refractivity contribution in [1.82, 2.24) is 10.2 Å². The molecule has 224 valence electrons. The average molecular weight is 600 g/mol. The molecule has 0 fully saturated rings. The van der Waals surface area contributed by atoms with Crippen LogP contribution in [0.2, 0.25) is 0 Å². The summed E-state index contributed by atoms with van der Waals surface area (Å²) < 4.78 is 35.0. The van der Waals surface area contributed by atoms with E-state index in [9.17, 15) is 18.0 Å². The molecule has 0 aliphatic carbocycles. The van der Waals surface area contributed by atoms with Crippen LogP contribution in [0.1, 0.15) is 31.4 Å². The zero-order valence-electron chi connectivity index (χ0n) is 24.6. The fourth-order valence-electron chi connectivity index (χ4n) is 4.74. The van der Waals surface area contributed by atoms with Gasteiger partial charge in [-0.3, -0.25) is 13.9 Å². The first kappa shape index (κ1) is 31.3. The summed E-state index contributed by atoms with van der Waals surface area (Å²) in [6.45, 7) is 5.66. The number of amides is 2. The molecule has 4 aromatic carbocycles. The third-order valence-electron chi connectivity index (χ3n) is 7.05. The normalized spacial score (nSPS) is 11.8. The minimum absolute atomic E-state index is 0.0497. The Kier molecular flexibility index (Phi) is 10.6. The van der Waals surface area contributed by atoms with Gasteiger partial charge in [0.05, 0.1) is 10.6 Å². The molecule has 1 N–H and O–H groups in total. The SMILES string of the molecule is CCNC(=O)[C@H](CC)N(Cc1ccccc1C)C(=O)CN(c1ccc(Oc2ccccc2)cc1)S(=O)(=O)c1ccccc1. The number of para-hydroxylation sites is 1. The zero-order valence-corrected chi connectivity index (χ0v) is 25.5. The lowest BCUT2D eigenvalue weighted by molar-refractivity contribution is -0.140. The Bertz CT molecular complexity index is 1610. The molecular formula is C34H37N3O5S. The van der Waals surface area contributed by atoms with Crippen molar-refractivity contribution >= 4 is 27.5 Å². The Morgan fingerprint density at radius 3 is 1.98 bits per heavy atom. The summed E-state index contributed by atoms with van der Waals surface area (Å²) >= 11 is 0. The molecule has 0 aliphatic rings. The Labute approximate surface area is 254 Å². The lowest BCUT2D eigenvalue weighted by Crippen LogP contribution is -2.52. The molecule has 2 amide bonds. The Morgan fingerprint density at radius 2 is 1.37 bits per heavy atom. The maximum Gasteiger partial charge on any atom is 0.264 e. The van der Waals surface area contributed by atoms with E-state index >= 15 is 0 Å². The van der Waals surface area contributed by atoms with E-state index in [4.69, 9.17) is 4.74 Å². The number of anilines is 1. The molecule has 0 heterocycles. The maximum absolute atomic E-state index is 14.2. The molecule has 0 aromatic heterocycles. The van der Waals surface area contributed by atoms with Gasteiger partial charge in [-0.15, -0.1) is 0 Å². The third kappa shape index (κ3) is 7.81. The van der Waals surface area contributed by atoms with Gasteiger partial charge >= 0.3 is 0 Å². The number of hydrogen-bond donors (Lipinski definition) is 1. The highest BCUT2D eigenvalue weighted by atomic mass is 32.2. The van der Waals surface area contributed by atoms with E-state index in [0.29, 0.717) is 30.2 Å². The van der Waals surface area contributed by atoms with E-state index in [1.165, 1.54) is 17.0 Å². The van der Waals surface area contributed by atoms with E-state index in [1.54, 1.807) is 42.5 Å². The largest absolute Gasteiger partial charge is 0.457 e. The van der Waals surface area contributed by atoms with Crippen LogP contribution < -0.4 is 14.4 Å². The van der Waals surface area contributed by atoms with Crippen molar-refractivity contribution in [3.8, 4) is 11.5 Å². The number of hydrogen-bond acceptors (Lipinski definition) is 5. The standard InChI is InChI=1S/C34H37N3O5S/c1-4-32(34(39)35-5-2)36(24-27-15-13-12-14-26(27)3)33(38)25-37(43(40,41)31-18-10-7-11-19-31)28-20-22-30(23-21-28)42-29-16-8-6-9-17-29/h6-23,32H,4-5,24-25H2,1-3H3,(H,35,39)/t32-/m0/s1. The Balaban J connectivity index is 1.72. The fraction of sp³-hybridized carbons (Fsp3) is 0.235. The predicted molar refractivity (Wildman–Crippen MR) is 168 cm³/mol. The number of carbonyl (C=O) groups is 2. The first-order chi connectivity index (χ1) is 20.7. The van der Waals surface area contributed by atoms with Crippen LogP contribution in [-0.4, -0.2) is 44.3 Å². The molecule has 0 saturated heterocycles. The quantitative estimate of drug-likeness (QED) is 0.206. The molecule has 0 unspecified atom stereocenters. The van der Waals surface area contributed by atoms with Crippen molar-refractivity contribution in [1.29, 1.82) is 0 Å². The summed E-state index contributed by atoms with van der Waals surface area (Å²) in [5.41, 5.74) is 2.13. The smallest absolute Gasteiger partial charge is 0.264 e. The summed E-state index contributed by atoms with van der Waals surface area (Å²) in [6.07, 6.45) is 0.362. The van der Waals surface area contributed by atoms with E-state index in [1.807, 2.05) is 75.4 Å². The van der Waals surface area contributed by atoms with Gasteiger partial charge in [0.2, 0.25) is 11.8 Å². The summed E-state index contributed by atoms with van der Waals surface area (Å²) in [5.74, 6) is 0.376. The molecule has 0 bridgehead atoms. The minimum Gasteiger partial charge on any atom is -0.457 e. The lowest BCUT2D eigenvalue weighted by atomic mass is 10.1. The lowest BCUT2D eigenvalue weighted by Gasteiger charge is -2.33. The predicted octanol–water partition coefficient (Wildman–Crippen LogP) is 5.93. The molecule has 9 heteroatoms. The molecule has 4 rings (SSSR count). The number of nitrogens with zero attached hydrogens (tertiary/aromatic N) is 2. The highest BCUT2D eigenvalue weighted by molar-refractivity contribution is 7.92. The van der Waals surface area contributed by atoms with Crippen LogP contribution in [0.15, 0.2) is 114 Å². The highest BCUT2D eigenvalue weighted by Gasteiger charge is 2.33. The number of aryl methyl sites for hydroxylation is 1. The molecule has 0 aliphatic heterocycles. The Morgan fingerprint density at radius 1 is 0.791 bits per heavy atom. The molecular weight excluding hydrogens is 562 g/mol. The van der Waals surface area contributed by atoms with Crippen molar-refractivity contribution < 1.29 is 22.7 Å². The van der Waals surface area contributed by atoms with Crippen LogP contribution in [0.4, 0.5) is 5.69 Å². The van der Waals surface area contributed by atoms with Gasteiger partial charge in [-0.05, 0) is 79.9 Å². The van der Waals surface area contributed by atoms with Gasteiger partial charge in [0, 0.05) is 13.1 Å². The zero-order chi connectivity index (χ0) is 30.8. The molecule has 0 spiro atoms. The number of carbonyl (C=O) groups excluding carboxylic acids is 2. The monoisotopic (exact) mass is 599 g/mol. The summed E-state index contributed by atoms with van der Waals surface area (Å²) in [7, 11) is -4.15. The van der Waals surface area contributed by atoms with Crippen molar-refractivity contribution in [2.45, 2.75) is 44.7 Å². The molecule has 1 atom stereocenters. The fourth-order valence-corrected chi connectivity index (χ4v) is 6.17. The summed E-state index contributed by atoms with van der Waals surface area (Å²) in [6, 6.07) is 30.6. The van der Waals surface area contributed by atoms with Gasteiger partial charge in [-0.2, -0.15) is 0 Å². The van der Waals surface area contributed by atoms with Gasteiger partial charge < -0.3 is 15.0 Å². The molecule has 0 radical (unpaired) electrons.